The molecule has 2 rings (SSSR count). The molecule has 1 atom stereocenters. The largest absolute Gasteiger partial charge is 0.328 e. The van der Waals surface area contributed by atoms with E-state index in [4.69, 9.17) is 5.73 Å². The molecule has 1 unspecified atom stereocenters. The van der Waals surface area contributed by atoms with Crippen molar-refractivity contribution in [2.24, 2.45) is 5.73 Å². The molecule has 0 fully saturated rings. The summed E-state index contributed by atoms with van der Waals surface area (Å²) < 4.78 is 0. The summed E-state index contributed by atoms with van der Waals surface area (Å²) in [7, 11) is 0. The highest BCUT2D eigenvalue weighted by Crippen LogP contribution is 2.18. The first kappa shape index (κ1) is 14.1. The zero-order chi connectivity index (χ0) is 14.4. The second-order valence-electron chi connectivity index (χ2n) is 4.73. The molecule has 0 aliphatic heterocycles. The molecular weight excluding hydrogens is 256 g/mol. The highest BCUT2D eigenvalue weighted by atomic mass is 16.1. The van der Waals surface area contributed by atoms with Crippen LogP contribution in [0.4, 0.5) is 5.69 Å². The van der Waals surface area contributed by atoms with Gasteiger partial charge in [-0.05, 0) is 37.1 Å². The van der Waals surface area contributed by atoms with Gasteiger partial charge in [0.15, 0.2) is 0 Å². The van der Waals surface area contributed by atoms with Crippen LogP contribution in [0.2, 0.25) is 0 Å². The summed E-state index contributed by atoms with van der Waals surface area (Å²) in [5, 5.41) is 16.6. The molecule has 0 saturated carbocycles. The Labute approximate surface area is 117 Å². The molecule has 0 aliphatic carbocycles. The molecule has 1 amide bonds. The van der Waals surface area contributed by atoms with Crippen LogP contribution in [-0.2, 0) is 4.79 Å². The topological polar surface area (TPSA) is 110 Å². The van der Waals surface area contributed by atoms with Crippen LogP contribution in [0.15, 0.2) is 24.3 Å². The molecule has 0 bridgehead atoms. The van der Waals surface area contributed by atoms with Gasteiger partial charge in [0.25, 0.3) is 0 Å². The molecule has 1 aromatic heterocycles. The van der Waals surface area contributed by atoms with Crippen LogP contribution in [0, 0.1) is 0 Å². The van der Waals surface area contributed by atoms with Crippen molar-refractivity contribution in [2.75, 3.05) is 5.32 Å². The van der Waals surface area contributed by atoms with Crippen LogP contribution in [0.1, 0.15) is 26.2 Å². The van der Waals surface area contributed by atoms with Gasteiger partial charge in [-0.15, -0.1) is 10.2 Å². The SMILES string of the molecule is CC(N)CCCC(=O)Nc1cccc(-c2nn[nH]n2)c1. The van der Waals surface area contributed by atoms with Gasteiger partial charge in [0, 0.05) is 23.7 Å². The molecule has 20 heavy (non-hydrogen) atoms. The Bertz CT molecular complexity index is 552. The predicted molar refractivity (Wildman–Crippen MR) is 75.7 cm³/mol. The minimum absolute atomic E-state index is 0.0177. The molecule has 1 heterocycles. The summed E-state index contributed by atoms with van der Waals surface area (Å²) in [6.45, 7) is 1.94. The fraction of sp³-hybridized carbons (Fsp3) is 0.385. The molecule has 0 saturated heterocycles. The lowest BCUT2D eigenvalue weighted by Crippen LogP contribution is -2.16. The first-order valence-electron chi connectivity index (χ1n) is 6.54. The lowest BCUT2D eigenvalue weighted by Gasteiger charge is -2.07. The van der Waals surface area contributed by atoms with Crippen LogP contribution in [0.5, 0.6) is 0 Å². The number of nitrogens with one attached hydrogen (secondary N) is 2. The number of nitrogens with zero attached hydrogens (tertiary/aromatic N) is 3. The van der Waals surface area contributed by atoms with E-state index in [-0.39, 0.29) is 11.9 Å². The fourth-order valence-corrected chi connectivity index (χ4v) is 1.83. The predicted octanol–water partition coefficient (Wildman–Crippen LogP) is 1.32. The van der Waals surface area contributed by atoms with Crippen molar-refractivity contribution < 1.29 is 4.79 Å². The molecule has 2 aromatic rings. The number of hydrogen-bond donors (Lipinski definition) is 3. The van der Waals surface area contributed by atoms with E-state index >= 15 is 0 Å². The fourth-order valence-electron chi connectivity index (χ4n) is 1.83. The Morgan fingerprint density at radius 2 is 2.35 bits per heavy atom. The maximum atomic E-state index is 11.8. The van der Waals surface area contributed by atoms with Crippen molar-refractivity contribution in [3.8, 4) is 11.4 Å². The number of benzene rings is 1. The zero-order valence-electron chi connectivity index (χ0n) is 11.3. The van der Waals surface area contributed by atoms with Crippen molar-refractivity contribution >= 4 is 11.6 Å². The van der Waals surface area contributed by atoms with Gasteiger partial charge in [0.05, 0.1) is 0 Å². The number of aromatic amines is 1. The lowest BCUT2D eigenvalue weighted by atomic mass is 10.1. The number of amides is 1. The second kappa shape index (κ2) is 6.76. The highest BCUT2D eigenvalue weighted by molar-refractivity contribution is 5.91. The van der Waals surface area contributed by atoms with Crippen molar-refractivity contribution in [2.45, 2.75) is 32.2 Å². The van der Waals surface area contributed by atoms with E-state index in [0.717, 1.165) is 24.1 Å². The smallest absolute Gasteiger partial charge is 0.224 e. The molecule has 106 valence electrons. The van der Waals surface area contributed by atoms with Gasteiger partial charge in [-0.2, -0.15) is 5.21 Å². The average Bonchev–Trinajstić information content (AvgIpc) is 2.92. The molecule has 0 spiro atoms. The lowest BCUT2D eigenvalue weighted by molar-refractivity contribution is -0.116. The van der Waals surface area contributed by atoms with Crippen LogP contribution in [-0.4, -0.2) is 32.6 Å². The summed E-state index contributed by atoms with van der Waals surface area (Å²) in [6, 6.07) is 7.46. The third-order valence-corrected chi connectivity index (χ3v) is 2.81. The van der Waals surface area contributed by atoms with E-state index in [1.54, 1.807) is 0 Å². The van der Waals surface area contributed by atoms with Crippen molar-refractivity contribution in [1.82, 2.24) is 20.6 Å². The number of hydrogen-bond acceptors (Lipinski definition) is 5. The van der Waals surface area contributed by atoms with E-state index in [2.05, 4.69) is 25.9 Å². The highest BCUT2D eigenvalue weighted by Gasteiger charge is 2.06. The zero-order valence-corrected chi connectivity index (χ0v) is 11.3. The van der Waals surface area contributed by atoms with E-state index in [1.165, 1.54) is 0 Å². The van der Waals surface area contributed by atoms with Crippen LogP contribution in [0.3, 0.4) is 0 Å². The Morgan fingerprint density at radius 1 is 1.50 bits per heavy atom. The molecular formula is C13H18N6O. The molecule has 0 aliphatic rings. The van der Waals surface area contributed by atoms with Gasteiger partial charge < -0.3 is 11.1 Å². The molecule has 7 heteroatoms. The van der Waals surface area contributed by atoms with E-state index in [1.807, 2.05) is 31.2 Å². The third kappa shape index (κ3) is 4.13. The van der Waals surface area contributed by atoms with Crippen molar-refractivity contribution in [3.63, 3.8) is 0 Å². The monoisotopic (exact) mass is 274 g/mol. The van der Waals surface area contributed by atoms with Crippen molar-refractivity contribution in [3.05, 3.63) is 24.3 Å². The number of H-pyrrole nitrogens is 1. The number of anilines is 1. The number of tetrazole rings is 1. The van der Waals surface area contributed by atoms with E-state index in [0.29, 0.717) is 12.2 Å². The Morgan fingerprint density at radius 3 is 3.05 bits per heavy atom. The van der Waals surface area contributed by atoms with E-state index < -0.39 is 0 Å². The number of carbonyl (C=O) groups is 1. The van der Waals surface area contributed by atoms with Gasteiger partial charge in [-0.25, -0.2) is 0 Å². The molecule has 4 N–H and O–H groups in total. The number of carbonyl (C=O) groups excluding carboxylic acids is 1. The Balaban J connectivity index is 1.93. The van der Waals surface area contributed by atoms with Gasteiger partial charge in [-0.1, -0.05) is 12.1 Å². The quantitative estimate of drug-likeness (QED) is 0.736. The standard InChI is InChI=1S/C13H18N6O/c1-9(14)4-2-7-12(20)15-11-6-3-5-10(8-11)13-16-18-19-17-13/h3,5-6,8-9H,2,4,7,14H2,1H3,(H,15,20)(H,16,17,18,19). The second-order valence-corrected chi connectivity index (χ2v) is 4.73. The number of nitrogens with two attached hydrogens (primary N) is 1. The number of aromatic nitrogens is 4. The normalized spacial score (nSPS) is 12.1. The van der Waals surface area contributed by atoms with Gasteiger partial charge in [0.2, 0.25) is 11.7 Å². The summed E-state index contributed by atoms with van der Waals surface area (Å²) >= 11 is 0. The Hall–Kier alpha value is -2.28. The summed E-state index contributed by atoms with van der Waals surface area (Å²) in [6.07, 6.45) is 2.10. The minimum atomic E-state index is -0.0177. The first-order chi connectivity index (χ1) is 9.65. The molecule has 0 radical (unpaired) electrons. The molecule has 7 nitrogen and oxygen atoms in total. The Kier molecular flexibility index (Phi) is 4.78. The maximum Gasteiger partial charge on any atom is 0.224 e. The van der Waals surface area contributed by atoms with Gasteiger partial charge in [0.1, 0.15) is 0 Å². The third-order valence-electron chi connectivity index (χ3n) is 2.81. The van der Waals surface area contributed by atoms with Crippen LogP contribution >= 0.6 is 0 Å². The van der Waals surface area contributed by atoms with Gasteiger partial charge in [-0.3, -0.25) is 4.79 Å². The summed E-state index contributed by atoms with van der Waals surface area (Å²) in [4.78, 5) is 11.8. The van der Waals surface area contributed by atoms with Crippen LogP contribution in [0.25, 0.3) is 11.4 Å². The van der Waals surface area contributed by atoms with Crippen LogP contribution < -0.4 is 11.1 Å². The van der Waals surface area contributed by atoms with E-state index in [9.17, 15) is 4.79 Å². The van der Waals surface area contributed by atoms with Gasteiger partial charge >= 0.3 is 0 Å². The average molecular weight is 274 g/mol. The number of rotatable bonds is 6. The molecule has 1 aromatic carbocycles. The first-order valence-corrected chi connectivity index (χ1v) is 6.54. The summed E-state index contributed by atoms with van der Waals surface area (Å²) in [5.41, 5.74) is 7.17. The maximum absolute atomic E-state index is 11.8. The summed E-state index contributed by atoms with van der Waals surface area (Å²) in [5.74, 6) is 0.481. The minimum Gasteiger partial charge on any atom is -0.328 e. The van der Waals surface area contributed by atoms with Crippen molar-refractivity contribution in [1.29, 1.82) is 0 Å².